The van der Waals surface area contributed by atoms with Crippen molar-refractivity contribution in [1.29, 1.82) is 0 Å². The van der Waals surface area contributed by atoms with Gasteiger partial charge in [-0.05, 0) is 48.4 Å². The molecule has 2 aliphatic heterocycles. The van der Waals surface area contributed by atoms with Crippen LogP contribution in [0.25, 0.3) is 0 Å². The number of rotatable bonds is 4. The first kappa shape index (κ1) is 19.0. The fourth-order valence-electron chi connectivity index (χ4n) is 3.84. The van der Waals surface area contributed by atoms with Crippen LogP contribution in [-0.4, -0.2) is 54.3 Å². The Morgan fingerprint density at radius 2 is 1.57 bits per heavy atom. The Morgan fingerprint density at radius 1 is 0.893 bits per heavy atom. The zero-order valence-electron chi connectivity index (χ0n) is 15.8. The number of carbonyl (C=O) groups is 2. The van der Waals surface area contributed by atoms with Crippen LogP contribution in [0, 0.1) is 0 Å². The van der Waals surface area contributed by atoms with Crippen LogP contribution in [0.2, 0.25) is 5.02 Å². The fourth-order valence-corrected chi connectivity index (χ4v) is 3.97. The average molecular weight is 398 g/mol. The highest BCUT2D eigenvalue weighted by Crippen LogP contribution is 2.22. The molecule has 5 nitrogen and oxygen atoms in total. The summed E-state index contributed by atoms with van der Waals surface area (Å²) in [6.07, 6.45) is 1.51. The average Bonchev–Trinajstić information content (AvgIpc) is 3.16. The molecule has 0 saturated carbocycles. The summed E-state index contributed by atoms with van der Waals surface area (Å²) in [6, 6.07) is 15.4. The van der Waals surface area contributed by atoms with E-state index < -0.39 is 0 Å². The Balaban J connectivity index is 1.32. The molecule has 0 aromatic heterocycles. The normalized spacial score (nSPS) is 18.0. The Hall–Kier alpha value is -2.37. The maximum absolute atomic E-state index is 12.8. The number of hydrogen-bond donors (Lipinski definition) is 0. The summed E-state index contributed by atoms with van der Waals surface area (Å²) in [6.45, 7) is 4.79. The summed E-state index contributed by atoms with van der Waals surface area (Å²) < 4.78 is 0. The molecule has 4 rings (SSSR count). The van der Waals surface area contributed by atoms with E-state index in [1.807, 2.05) is 53.4 Å². The van der Waals surface area contributed by atoms with Gasteiger partial charge in [0.25, 0.3) is 5.91 Å². The minimum Gasteiger partial charge on any atom is -0.336 e. The van der Waals surface area contributed by atoms with E-state index in [9.17, 15) is 9.59 Å². The van der Waals surface area contributed by atoms with Crippen molar-refractivity contribution in [1.82, 2.24) is 9.80 Å². The van der Waals surface area contributed by atoms with Crippen LogP contribution in [0.5, 0.6) is 0 Å². The lowest BCUT2D eigenvalue weighted by Crippen LogP contribution is -2.48. The first-order valence-corrected chi connectivity index (χ1v) is 10.1. The molecule has 0 aliphatic carbocycles. The largest absolute Gasteiger partial charge is 0.336 e. The number of benzene rings is 2. The van der Waals surface area contributed by atoms with Gasteiger partial charge in [0.1, 0.15) is 0 Å². The molecule has 0 radical (unpaired) electrons. The standard InChI is InChI=1S/C22H24ClN3O2/c23-19-7-3-17(4-8-19)16-24-12-14-25(15-13-24)22(28)18-5-9-20(10-6-18)26-11-1-2-21(26)27/h3-10H,1-2,11-16H2. The lowest BCUT2D eigenvalue weighted by Gasteiger charge is -2.34. The number of piperazine rings is 1. The van der Waals surface area contributed by atoms with Crippen LogP contribution in [0.4, 0.5) is 5.69 Å². The van der Waals surface area contributed by atoms with E-state index in [1.165, 1.54) is 5.56 Å². The van der Waals surface area contributed by atoms with E-state index in [-0.39, 0.29) is 11.8 Å². The molecule has 2 heterocycles. The summed E-state index contributed by atoms with van der Waals surface area (Å²) in [5.74, 6) is 0.223. The highest BCUT2D eigenvalue weighted by Gasteiger charge is 2.24. The van der Waals surface area contributed by atoms with Crippen molar-refractivity contribution in [3.05, 3.63) is 64.7 Å². The predicted molar refractivity (Wildman–Crippen MR) is 111 cm³/mol. The van der Waals surface area contributed by atoms with E-state index in [1.54, 1.807) is 4.90 Å². The van der Waals surface area contributed by atoms with Gasteiger partial charge in [0, 0.05) is 62.0 Å². The summed E-state index contributed by atoms with van der Waals surface area (Å²) >= 11 is 5.94. The topological polar surface area (TPSA) is 43.9 Å². The van der Waals surface area contributed by atoms with Gasteiger partial charge in [0.2, 0.25) is 5.91 Å². The van der Waals surface area contributed by atoms with Crippen LogP contribution in [0.3, 0.4) is 0 Å². The van der Waals surface area contributed by atoms with Crippen molar-refractivity contribution in [3.63, 3.8) is 0 Å². The quantitative estimate of drug-likeness (QED) is 0.794. The molecule has 0 bridgehead atoms. The van der Waals surface area contributed by atoms with Gasteiger partial charge < -0.3 is 9.80 Å². The predicted octanol–water partition coefficient (Wildman–Crippen LogP) is 3.42. The molecule has 28 heavy (non-hydrogen) atoms. The smallest absolute Gasteiger partial charge is 0.253 e. The van der Waals surface area contributed by atoms with Gasteiger partial charge in [0.05, 0.1) is 0 Å². The summed E-state index contributed by atoms with van der Waals surface area (Å²) in [7, 11) is 0. The van der Waals surface area contributed by atoms with Gasteiger partial charge in [-0.3, -0.25) is 14.5 Å². The molecule has 0 atom stereocenters. The van der Waals surface area contributed by atoms with E-state index in [4.69, 9.17) is 11.6 Å². The second kappa shape index (κ2) is 8.33. The summed E-state index contributed by atoms with van der Waals surface area (Å²) in [4.78, 5) is 30.7. The minimum absolute atomic E-state index is 0.0606. The monoisotopic (exact) mass is 397 g/mol. The second-order valence-corrected chi connectivity index (χ2v) is 7.83. The van der Waals surface area contributed by atoms with Crippen molar-refractivity contribution < 1.29 is 9.59 Å². The Kier molecular flexibility index (Phi) is 5.64. The van der Waals surface area contributed by atoms with E-state index in [0.29, 0.717) is 12.0 Å². The third kappa shape index (κ3) is 4.21. The van der Waals surface area contributed by atoms with Gasteiger partial charge in [-0.25, -0.2) is 0 Å². The summed E-state index contributed by atoms with van der Waals surface area (Å²) in [5.41, 5.74) is 2.80. The third-order valence-corrected chi connectivity index (χ3v) is 5.73. The fraction of sp³-hybridized carbons (Fsp3) is 0.364. The Bertz CT molecular complexity index is 843. The van der Waals surface area contributed by atoms with Crippen molar-refractivity contribution in [2.45, 2.75) is 19.4 Å². The molecular formula is C22H24ClN3O2. The molecule has 2 aromatic rings. The zero-order valence-corrected chi connectivity index (χ0v) is 16.6. The van der Waals surface area contributed by atoms with Crippen molar-refractivity contribution in [2.24, 2.45) is 0 Å². The van der Waals surface area contributed by atoms with Crippen molar-refractivity contribution >= 4 is 29.1 Å². The van der Waals surface area contributed by atoms with Gasteiger partial charge in [-0.2, -0.15) is 0 Å². The van der Waals surface area contributed by atoms with Gasteiger partial charge in [-0.1, -0.05) is 23.7 Å². The van der Waals surface area contributed by atoms with Gasteiger partial charge >= 0.3 is 0 Å². The first-order chi connectivity index (χ1) is 13.6. The first-order valence-electron chi connectivity index (χ1n) is 9.77. The molecule has 2 amide bonds. The number of hydrogen-bond acceptors (Lipinski definition) is 3. The molecule has 0 N–H and O–H groups in total. The number of anilines is 1. The SMILES string of the molecule is O=C(c1ccc(N2CCCC2=O)cc1)N1CCN(Cc2ccc(Cl)cc2)CC1. The molecule has 2 aromatic carbocycles. The van der Waals surface area contributed by atoms with Crippen molar-refractivity contribution in [3.8, 4) is 0 Å². The maximum atomic E-state index is 12.8. The van der Waals surface area contributed by atoms with Crippen LogP contribution in [-0.2, 0) is 11.3 Å². The highest BCUT2D eigenvalue weighted by molar-refractivity contribution is 6.30. The zero-order chi connectivity index (χ0) is 19.5. The number of halogens is 1. The number of nitrogens with zero attached hydrogens (tertiary/aromatic N) is 3. The van der Waals surface area contributed by atoms with Gasteiger partial charge in [0.15, 0.2) is 0 Å². The van der Waals surface area contributed by atoms with Crippen LogP contribution < -0.4 is 4.90 Å². The Morgan fingerprint density at radius 3 is 2.18 bits per heavy atom. The molecule has 2 saturated heterocycles. The van der Waals surface area contributed by atoms with Crippen LogP contribution in [0.15, 0.2) is 48.5 Å². The molecule has 2 aliphatic rings. The van der Waals surface area contributed by atoms with Crippen LogP contribution in [0.1, 0.15) is 28.8 Å². The molecule has 0 spiro atoms. The van der Waals surface area contributed by atoms with E-state index in [2.05, 4.69) is 4.90 Å². The molecule has 0 unspecified atom stereocenters. The van der Waals surface area contributed by atoms with E-state index >= 15 is 0 Å². The minimum atomic E-state index is 0.0606. The second-order valence-electron chi connectivity index (χ2n) is 7.39. The molecule has 6 heteroatoms. The van der Waals surface area contributed by atoms with Gasteiger partial charge in [-0.15, -0.1) is 0 Å². The molecular weight excluding hydrogens is 374 g/mol. The Labute approximate surface area is 170 Å². The maximum Gasteiger partial charge on any atom is 0.253 e. The highest BCUT2D eigenvalue weighted by atomic mass is 35.5. The lowest BCUT2D eigenvalue weighted by atomic mass is 10.1. The van der Waals surface area contributed by atoms with Crippen LogP contribution >= 0.6 is 11.6 Å². The number of amides is 2. The molecule has 2 fully saturated rings. The third-order valence-electron chi connectivity index (χ3n) is 5.48. The lowest BCUT2D eigenvalue weighted by molar-refractivity contribution is -0.117. The number of carbonyl (C=O) groups excluding carboxylic acids is 2. The van der Waals surface area contributed by atoms with E-state index in [0.717, 1.165) is 56.4 Å². The molecule has 146 valence electrons. The van der Waals surface area contributed by atoms with Crippen molar-refractivity contribution in [2.75, 3.05) is 37.6 Å². The summed E-state index contributed by atoms with van der Waals surface area (Å²) in [5, 5.41) is 0.749.